The highest BCUT2D eigenvalue weighted by molar-refractivity contribution is 4.78. The Balaban J connectivity index is 2.38. The quantitative estimate of drug-likeness (QED) is 0.697. The Morgan fingerprint density at radius 3 is 2.20 bits per heavy atom. The van der Waals surface area contributed by atoms with Gasteiger partial charge in [-0.3, -0.25) is 0 Å². The van der Waals surface area contributed by atoms with Crippen molar-refractivity contribution in [1.82, 2.24) is 5.32 Å². The standard InChI is InChI=1S/C14H29N/c1-5-15-12(4)14-8-6-7-13(9-10-14)11(2)3/h11-15H,5-10H2,1-4H3. The van der Waals surface area contributed by atoms with Gasteiger partial charge in [0.05, 0.1) is 0 Å². The normalized spacial score (nSPS) is 30.2. The highest BCUT2D eigenvalue weighted by Crippen LogP contribution is 2.32. The van der Waals surface area contributed by atoms with E-state index >= 15 is 0 Å². The van der Waals surface area contributed by atoms with E-state index in [0.29, 0.717) is 0 Å². The molecule has 1 fully saturated rings. The van der Waals surface area contributed by atoms with E-state index in [1.807, 2.05) is 0 Å². The van der Waals surface area contributed by atoms with E-state index in [-0.39, 0.29) is 0 Å². The summed E-state index contributed by atoms with van der Waals surface area (Å²) >= 11 is 0. The first-order valence-electron chi connectivity index (χ1n) is 6.88. The molecule has 1 aliphatic carbocycles. The molecule has 1 saturated carbocycles. The summed E-state index contributed by atoms with van der Waals surface area (Å²) in [5.74, 6) is 2.80. The van der Waals surface area contributed by atoms with E-state index < -0.39 is 0 Å². The smallest absolute Gasteiger partial charge is 0.00668 e. The van der Waals surface area contributed by atoms with Crippen molar-refractivity contribution in [3.63, 3.8) is 0 Å². The van der Waals surface area contributed by atoms with Gasteiger partial charge in [-0.1, -0.05) is 33.6 Å². The van der Waals surface area contributed by atoms with Gasteiger partial charge < -0.3 is 5.32 Å². The zero-order valence-electron chi connectivity index (χ0n) is 11.1. The van der Waals surface area contributed by atoms with E-state index in [1.165, 1.54) is 32.1 Å². The monoisotopic (exact) mass is 211 g/mol. The summed E-state index contributed by atoms with van der Waals surface area (Å²) in [5, 5.41) is 3.59. The van der Waals surface area contributed by atoms with Crippen LogP contribution in [0, 0.1) is 17.8 Å². The van der Waals surface area contributed by atoms with Crippen molar-refractivity contribution < 1.29 is 0 Å². The van der Waals surface area contributed by atoms with Crippen LogP contribution in [0.3, 0.4) is 0 Å². The molecule has 1 rings (SSSR count). The number of nitrogens with one attached hydrogen (secondary N) is 1. The van der Waals surface area contributed by atoms with Gasteiger partial charge in [0.2, 0.25) is 0 Å². The predicted molar refractivity (Wildman–Crippen MR) is 68.0 cm³/mol. The fourth-order valence-electron chi connectivity index (χ4n) is 3.01. The minimum Gasteiger partial charge on any atom is -0.314 e. The Bertz CT molecular complexity index is 165. The van der Waals surface area contributed by atoms with Gasteiger partial charge in [0, 0.05) is 6.04 Å². The molecule has 1 heteroatoms. The second-order valence-electron chi connectivity index (χ2n) is 5.62. The van der Waals surface area contributed by atoms with Gasteiger partial charge in [0.15, 0.2) is 0 Å². The van der Waals surface area contributed by atoms with Crippen LogP contribution >= 0.6 is 0 Å². The van der Waals surface area contributed by atoms with Crippen molar-refractivity contribution in [2.24, 2.45) is 17.8 Å². The largest absolute Gasteiger partial charge is 0.314 e. The van der Waals surface area contributed by atoms with Crippen LogP contribution in [0.25, 0.3) is 0 Å². The van der Waals surface area contributed by atoms with Gasteiger partial charge >= 0.3 is 0 Å². The Hall–Kier alpha value is -0.0400. The minimum atomic E-state index is 0.723. The maximum atomic E-state index is 3.59. The maximum Gasteiger partial charge on any atom is 0.00668 e. The average molecular weight is 211 g/mol. The molecule has 0 aromatic carbocycles. The molecule has 1 nitrogen and oxygen atoms in total. The first-order chi connectivity index (χ1) is 7.15. The topological polar surface area (TPSA) is 12.0 Å². The summed E-state index contributed by atoms with van der Waals surface area (Å²) in [4.78, 5) is 0. The highest BCUT2D eigenvalue weighted by atomic mass is 14.9. The summed E-state index contributed by atoms with van der Waals surface area (Å²) in [5.41, 5.74) is 0. The fourth-order valence-corrected chi connectivity index (χ4v) is 3.01. The molecule has 90 valence electrons. The molecule has 0 radical (unpaired) electrons. The van der Waals surface area contributed by atoms with Crippen molar-refractivity contribution in [1.29, 1.82) is 0 Å². The first kappa shape index (κ1) is 13.0. The van der Waals surface area contributed by atoms with Crippen LogP contribution < -0.4 is 5.32 Å². The molecule has 15 heavy (non-hydrogen) atoms. The summed E-state index contributed by atoms with van der Waals surface area (Å²) in [7, 11) is 0. The van der Waals surface area contributed by atoms with Crippen LogP contribution in [-0.2, 0) is 0 Å². The predicted octanol–water partition coefficient (Wildman–Crippen LogP) is 3.84. The lowest BCUT2D eigenvalue weighted by atomic mass is 9.87. The molecule has 1 N–H and O–H groups in total. The zero-order valence-corrected chi connectivity index (χ0v) is 11.1. The second-order valence-corrected chi connectivity index (χ2v) is 5.62. The van der Waals surface area contributed by atoms with Crippen LogP contribution in [0.1, 0.15) is 59.8 Å². The third-order valence-electron chi connectivity index (χ3n) is 4.23. The summed E-state index contributed by atoms with van der Waals surface area (Å²) in [6, 6.07) is 0.723. The lowest BCUT2D eigenvalue weighted by Gasteiger charge is -2.23. The Labute approximate surface area is 96.0 Å². The molecule has 0 spiro atoms. The van der Waals surface area contributed by atoms with E-state index in [2.05, 4.69) is 33.0 Å². The third kappa shape index (κ3) is 4.14. The molecular formula is C14H29N. The Morgan fingerprint density at radius 1 is 1.00 bits per heavy atom. The van der Waals surface area contributed by atoms with Crippen molar-refractivity contribution >= 4 is 0 Å². The van der Waals surface area contributed by atoms with E-state index in [9.17, 15) is 0 Å². The highest BCUT2D eigenvalue weighted by Gasteiger charge is 2.23. The molecule has 0 saturated heterocycles. The van der Waals surface area contributed by atoms with Gasteiger partial charge in [-0.05, 0) is 50.5 Å². The second kappa shape index (κ2) is 6.52. The van der Waals surface area contributed by atoms with Gasteiger partial charge in [0.25, 0.3) is 0 Å². The molecule has 3 unspecified atom stereocenters. The molecule has 1 aliphatic rings. The van der Waals surface area contributed by atoms with Crippen LogP contribution in [0.4, 0.5) is 0 Å². The van der Waals surface area contributed by atoms with Crippen LogP contribution in [0.2, 0.25) is 0 Å². The molecule has 0 bridgehead atoms. The molecular weight excluding hydrogens is 182 g/mol. The number of hydrogen-bond acceptors (Lipinski definition) is 1. The molecule has 0 amide bonds. The molecule has 0 aliphatic heterocycles. The maximum absolute atomic E-state index is 3.59. The molecule has 0 aromatic rings. The van der Waals surface area contributed by atoms with Crippen molar-refractivity contribution in [2.45, 2.75) is 65.8 Å². The lowest BCUT2D eigenvalue weighted by Crippen LogP contribution is -2.33. The summed E-state index contributed by atoms with van der Waals surface area (Å²) in [6.07, 6.45) is 7.25. The summed E-state index contributed by atoms with van der Waals surface area (Å²) in [6.45, 7) is 10.5. The van der Waals surface area contributed by atoms with Gasteiger partial charge in [0.1, 0.15) is 0 Å². The summed E-state index contributed by atoms with van der Waals surface area (Å²) < 4.78 is 0. The van der Waals surface area contributed by atoms with E-state index in [4.69, 9.17) is 0 Å². The SMILES string of the molecule is CCNC(C)C1CCCC(C(C)C)CC1. The van der Waals surface area contributed by atoms with Gasteiger partial charge in [-0.2, -0.15) is 0 Å². The Kier molecular flexibility index (Phi) is 5.66. The van der Waals surface area contributed by atoms with Crippen molar-refractivity contribution in [3.05, 3.63) is 0 Å². The first-order valence-corrected chi connectivity index (χ1v) is 6.88. The molecule has 0 heterocycles. The number of rotatable bonds is 4. The molecule has 0 aromatic heterocycles. The van der Waals surface area contributed by atoms with E-state index in [0.717, 1.165) is 30.3 Å². The van der Waals surface area contributed by atoms with Gasteiger partial charge in [-0.15, -0.1) is 0 Å². The lowest BCUT2D eigenvalue weighted by molar-refractivity contribution is 0.314. The number of hydrogen-bond donors (Lipinski definition) is 1. The molecule has 3 atom stereocenters. The van der Waals surface area contributed by atoms with E-state index in [1.54, 1.807) is 0 Å². The van der Waals surface area contributed by atoms with Crippen LogP contribution in [-0.4, -0.2) is 12.6 Å². The van der Waals surface area contributed by atoms with Crippen LogP contribution in [0.5, 0.6) is 0 Å². The van der Waals surface area contributed by atoms with Crippen molar-refractivity contribution in [2.75, 3.05) is 6.54 Å². The third-order valence-corrected chi connectivity index (χ3v) is 4.23. The van der Waals surface area contributed by atoms with Crippen molar-refractivity contribution in [3.8, 4) is 0 Å². The van der Waals surface area contributed by atoms with Crippen LogP contribution in [0.15, 0.2) is 0 Å². The average Bonchev–Trinajstić information content (AvgIpc) is 2.43. The Morgan fingerprint density at radius 2 is 1.60 bits per heavy atom. The minimum absolute atomic E-state index is 0.723. The van der Waals surface area contributed by atoms with Gasteiger partial charge in [-0.25, -0.2) is 0 Å². The fraction of sp³-hybridized carbons (Fsp3) is 1.00. The zero-order chi connectivity index (χ0) is 11.3.